The molecule has 152 valence electrons. The Morgan fingerprint density at radius 1 is 1.21 bits per heavy atom. The van der Waals surface area contributed by atoms with Crippen LogP contribution in [0.4, 0.5) is 5.69 Å². The van der Waals surface area contributed by atoms with Crippen LogP contribution >= 0.6 is 23.8 Å². The van der Waals surface area contributed by atoms with Gasteiger partial charge >= 0.3 is 0 Å². The first-order valence-corrected chi connectivity index (χ1v) is 10.1. The summed E-state index contributed by atoms with van der Waals surface area (Å²) in [5.74, 6) is 1.28. The number of hydrogen-bond acceptors (Lipinski definition) is 4. The van der Waals surface area contributed by atoms with E-state index < -0.39 is 0 Å². The SMILES string of the molecule is COc1ccccc1-c1nn(CCC(=O)Nc2ccccc2Cl)c(=S)n1C(C)C. The van der Waals surface area contributed by atoms with Crippen LogP contribution in [0.3, 0.4) is 0 Å². The molecule has 0 saturated heterocycles. The van der Waals surface area contributed by atoms with Gasteiger partial charge in [0.25, 0.3) is 0 Å². The lowest BCUT2D eigenvalue weighted by Crippen LogP contribution is -2.15. The number of methoxy groups -OCH3 is 1. The third-order valence-corrected chi connectivity index (χ3v) is 5.17. The Hall–Kier alpha value is -2.64. The normalized spacial score (nSPS) is 10.9. The quantitative estimate of drug-likeness (QED) is 0.513. The van der Waals surface area contributed by atoms with Crippen LogP contribution in [0.5, 0.6) is 5.75 Å². The number of rotatable bonds is 7. The molecule has 0 radical (unpaired) electrons. The predicted octanol–water partition coefficient (Wildman–Crippen LogP) is 5.35. The summed E-state index contributed by atoms with van der Waals surface area (Å²) in [4.78, 5) is 12.4. The summed E-state index contributed by atoms with van der Waals surface area (Å²) >= 11 is 11.7. The Morgan fingerprint density at radius 2 is 1.90 bits per heavy atom. The fourth-order valence-corrected chi connectivity index (χ4v) is 3.64. The van der Waals surface area contributed by atoms with Crippen LogP contribution in [-0.4, -0.2) is 27.4 Å². The number of halogens is 1. The third-order valence-electron chi connectivity index (χ3n) is 4.43. The largest absolute Gasteiger partial charge is 0.496 e. The van der Waals surface area contributed by atoms with Gasteiger partial charge < -0.3 is 10.1 Å². The summed E-state index contributed by atoms with van der Waals surface area (Å²) in [6.45, 7) is 4.45. The maximum atomic E-state index is 12.4. The molecule has 0 spiro atoms. The first-order valence-electron chi connectivity index (χ1n) is 9.29. The van der Waals surface area contributed by atoms with Gasteiger partial charge in [-0.1, -0.05) is 35.9 Å². The zero-order chi connectivity index (χ0) is 21.0. The van der Waals surface area contributed by atoms with Crippen molar-refractivity contribution in [3.8, 4) is 17.1 Å². The summed E-state index contributed by atoms with van der Waals surface area (Å²) in [6, 6.07) is 14.9. The van der Waals surface area contributed by atoms with Gasteiger partial charge in [0, 0.05) is 12.5 Å². The Kier molecular flexibility index (Phi) is 6.71. The second-order valence-electron chi connectivity index (χ2n) is 6.77. The van der Waals surface area contributed by atoms with E-state index in [0.29, 0.717) is 27.9 Å². The maximum Gasteiger partial charge on any atom is 0.226 e. The number of nitrogens with one attached hydrogen (secondary N) is 1. The first kappa shape index (κ1) is 21.1. The fourth-order valence-electron chi connectivity index (χ4n) is 3.03. The van der Waals surface area contributed by atoms with E-state index >= 15 is 0 Å². The number of benzene rings is 2. The van der Waals surface area contributed by atoms with Gasteiger partial charge in [-0.05, 0) is 50.3 Å². The minimum absolute atomic E-state index is 0.105. The monoisotopic (exact) mass is 430 g/mol. The van der Waals surface area contributed by atoms with Crippen LogP contribution in [0.25, 0.3) is 11.4 Å². The average molecular weight is 431 g/mol. The summed E-state index contributed by atoms with van der Waals surface area (Å²) in [7, 11) is 1.63. The van der Waals surface area contributed by atoms with Crippen molar-refractivity contribution >= 4 is 35.4 Å². The molecule has 0 fully saturated rings. The molecule has 3 rings (SSSR count). The molecule has 0 unspecified atom stereocenters. The molecule has 1 aromatic heterocycles. The molecule has 0 aliphatic rings. The Morgan fingerprint density at radius 3 is 2.59 bits per heavy atom. The van der Waals surface area contributed by atoms with Crippen LogP contribution in [-0.2, 0) is 11.3 Å². The van der Waals surface area contributed by atoms with Gasteiger partial charge in [-0.15, -0.1) is 0 Å². The number of carbonyl (C=O) groups excluding carboxylic acids is 1. The molecular weight excluding hydrogens is 408 g/mol. The summed E-state index contributed by atoms with van der Waals surface area (Å²) in [5.41, 5.74) is 1.44. The van der Waals surface area contributed by atoms with Gasteiger partial charge in [-0.2, -0.15) is 5.10 Å². The van der Waals surface area contributed by atoms with Crippen molar-refractivity contribution in [2.75, 3.05) is 12.4 Å². The lowest BCUT2D eigenvalue weighted by molar-refractivity contribution is -0.116. The van der Waals surface area contributed by atoms with Gasteiger partial charge in [-0.25, -0.2) is 4.68 Å². The minimum atomic E-state index is -0.155. The Bertz CT molecular complexity index is 1070. The molecule has 0 aliphatic carbocycles. The van der Waals surface area contributed by atoms with Crippen molar-refractivity contribution in [1.82, 2.24) is 14.3 Å². The first-order chi connectivity index (χ1) is 13.9. The molecule has 0 bridgehead atoms. The van der Waals surface area contributed by atoms with Crippen molar-refractivity contribution < 1.29 is 9.53 Å². The highest BCUT2D eigenvalue weighted by Gasteiger charge is 2.18. The minimum Gasteiger partial charge on any atom is -0.496 e. The van der Waals surface area contributed by atoms with Gasteiger partial charge in [-0.3, -0.25) is 9.36 Å². The lowest BCUT2D eigenvalue weighted by atomic mass is 10.2. The van der Waals surface area contributed by atoms with Gasteiger partial charge in [0.2, 0.25) is 5.91 Å². The number of aryl methyl sites for hydroxylation is 1. The zero-order valence-electron chi connectivity index (χ0n) is 16.6. The van der Waals surface area contributed by atoms with Crippen molar-refractivity contribution in [1.29, 1.82) is 0 Å². The van der Waals surface area contributed by atoms with E-state index in [4.69, 9.17) is 33.7 Å². The van der Waals surface area contributed by atoms with E-state index in [1.807, 2.05) is 54.8 Å². The summed E-state index contributed by atoms with van der Waals surface area (Å²) in [5, 5.41) is 8.02. The summed E-state index contributed by atoms with van der Waals surface area (Å²) in [6.07, 6.45) is 0.222. The molecule has 0 aliphatic heterocycles. The Labute approximate surface area is 180 Å². The van der Waals surface area contributed by atoms with Crippen molar-refractivity contribution in [3.63, 3.8) is 0 Å². The van der Waals surface area contributed by atoms with Gasteiger partial charge in [0.15, 0.2) is 10.6 Å². The number of para-hydroxylation sites is 2. The highest BCUT2D eigenvalue weighted by molar-refractivity contribution is 7.71. The van der Waals surface area contributed by atoms with E-state index in [1.54, 1.807) is 23.9 Å². The molecule has 0 atom stereocenters. The number of ether oxygens (including phenoxy) is 1. The topological polar surface area (TPSA) is 61.1 Å². The van der Waals surface area contributed by atoms with E-state index in [1.165, 1.54) is 0 Å². The molecule has 1 heterocycles. The van der Waals surface area contributed by atoms with E-state index in [2.05, 4.69) is 5.32 Å². The number of aromatic nitrogens is 3. The maximum absolute atomic E-state index is 12.4. The third kappa shape index (κ3) is 4.68. The van der Waals surface area contributed by atoms with Crippen LogP contribution < -0.4 is 10.1 Å². The van der Waals surface area contributed by atoms with Crippen LogP contribution in [0.2, 0.25) is 5.02 Å². The number of amides is 1. The van der Waals surface area contributed by atoms with Crippen LogP contribution in [0.1, 0.15) is 26.3 Å². The number of anilines is 1. The molecule has 6 nitrogen and oxygen atoms in total. The van der Waals surface area contributed by atoms with E-state index in [-0.39, 0.29) is 18.4 Å². The lowest BCUT2D eigenvalue weighted by Gasteiger charge is -2.12. The molecular formula is C21H23ClN4O2S. The standard InChI is InChI=1S/C21H23ClN4O2S/c1-14(2)26-20(15-8-4-7-11-18(15)28-3)24-25(21(26)29)13-12-19(27)23-17-10-6-5-9-16(17)22/h4-11,14H,12-13H2,1-3H3,(H,23,27). The second-order valence-corrected chi connectivity index (χ2v) is 7.54. The average Bonchev–Trinajstić information content (AvgIpc) is 3.04. The predicted molar refractivity (Wildman–Crippen MR) is 118 cm³/mol. The number of nitrogens with zero attached hydrogens (tertiary/aromatic N) is 3. The molecule has 0 saturated carbocycles. The van der Waals surface area contributed by atoms with Crippen LogP contribution in [0.15, 0.2) is 48.5 Å². The van der Waals surface area contributed by atoms with Gasteiger partial charge in [0.1, 0.15) is 5.75 Å². The highest BCUT2D eigenvalue weighted by atomic mass is 35.5. The van der Waals surface area contributed by atoms with Crippen molar-refractivity contribution in [2.45, 2.75) is 32.9 Å². The molecule has 1 N–H and O–H groups in total. The number of hydrogen-bond donors (Lipinski definition) is 1. The van der Waals surface area contributed by atoms with Gasteiger partial charge in [0.05, 0.1) is 29.9 Å². The van der Waals surface area contributed by atoms with Crippen LogP contribution in [0, 0.1) is 4.77 Å². The summed E-state index contributed by atoms with van der Waals surface area (Å²) < 4.78 is 9.70. The Balaban J connectivity index is 1.84. The fraction of sp³-hybridized carbons (Fsp3) is 0.286. The zero-order valence-corrected chi connectivity index (χ0v) is 18.1. The van der Waals surface area contributed by atoms with Crippen molar-refractivity contribution in [2.24, 2.45) is 0 Å². The smallest absolute Gasteiger partial charge is 0.226 e. The molecule has 2 aromatic carbocycles. The molecule has 3 aromatic rings. The second kappa shape index (κ2) is 9.24. The number of carbonyl (C=O) groups is 1. The molecule has 1 amide bonds. The molecule has 29 heavy (non-hydrogen) atoms. The van der Waals surface area contributed by atoms with Crippen molar-refractivity contribution in [3.05, 3.63) is 58.3 Å². The van der Waals surface area contributed by atoms with E-state index in [9.17, 15) is 4.79 Å². The molecule has 8 heteroatoms. The highest BCUT2D eigenvalue weighted by Crippen LogP contribution is 2.30. The van der Waals surface area contributed by atoms with E-state index in [0.717, 1.165) is 11.3 Å².